The first-order chi connectivity index (χ1) is 14.9. The number of hydrogen-bond donors (Lipinski definition) is 2. The highest BCUT2D eigenvalue weighted by Gasteiger charge is 2.29. The van der Waals surface area contributed by atoms with E-state index in [1.165, 1.54) is 36.6 Å². The molecule has 2 N–H and O–H groups in total. The minimum absolute atomic E-state index is 0.0411. The molecule has 0 aliphatic carbocycles. The van der Waals surface area contributed by atoms with Crippen LogP contribution in [0.3, 0.4) is 0 Å². The molecule has 0 atom stereocenters. The molecular weight excluding hydrogens is 443 g/mol. The monoisotopic (exact) mass is 460 g/mol. The highest BCUT2D eigenvalue weighted by atomic mass is 32.2. The number of sulfonamides is 1. The van der Waals surface area contributed by atoms with Crippen molar-refractivity contribution in [1.29, 1.82) is 0 Å². The summed E-state index contributed by atoms with van der Waals surface area (Å²) in [6, 6.07) is 11.0. The van der Waals surface area contributed by atoms with Crippen LogP contribution in [0.25, 0.3) is 11.3 Å². The largest absolute Gasteiger partial charge is 0.494 e. The number of methoxy groups -OCH3 is 1. The molecule has 0 fully saturated rings. The Hall–Kier alpha value is -3.31. The van der Waals surface area contributed by atoms with Gasteiger partial charge in [-0.2, -0.15) is 0 Å². The fraction of sp³-hybridized carbons (Fsp3) is 0.150. The van der Waals surface area contributed by atoms with E-state index in [4.69, 9.17) is 4.74 Å². The van der Waals surface area contributed by atoms with Gasteiger partial charge < -0.3 is 10.1 Å². The molecule has 1 aliphatic rings. The summed E-state index contributed by atoms with van der Waals surface area (Å²) in [7, 11) is -2.22. The lowest BCUT2D eigenvalue weighted by atomic mass is 10.1. The standard InChI is InChI=1S/C20H17FN4O4S2/c1-29-16-7-6-12(10-14(16)21)15-11-30-20(23-15)24-18(26)8-9-22-19-13-4-2-3-5-17(13)31(27,28)25-19/h2-7,10-11H,8-9H2,1H3,(H,22,25)(H,23,24,26). The number of aliphatic imine (C=N–C) groups is 1. The first-order valence-corrected chi connectivity index (χ1v) is 11.5. The van der Waals surface area contributed by atoms with Crippen LogP contribution < -0.4 is 14.8 Å². The zero-order valence-electron chi connectivity index (χ0n) is 16.3. The van der Waals surface area contributed by atoms with Gasteiger partial charge in [0.15, 0.2) is 16.7 Å². The molecule has 2 aromatic carbocycles. The summed E-state index contributed by atoms with van der Waals surface area (Å²) in [5, 5.41) is 4.75. The zero-order chi connectivity index (χ0) is 22.0. The van der Waals surface area contributed by atoms with E-state index in [0.717, 1.165) is 0 Å². The number of nitrogens with zero attached hydrogens (tertiary/aromatic N) is 2. The summed E-state index contributed by atoms with van der Waals surface area (Å²) in [5.74, 6) is -0.454. The number of nitrogens with one attached hydrogen (secondary N) is 2. The van der Waals surface area contributed by atoms with Gasteiger partial charge in [-0.05, 0) is 30.3 Å². The summed E-state index contributed by atoms with van der Waals surface area (Å²) >= 11 is 1.21. The van der Waals surface area contributed by atoms with Crippen LogP contribution in [0.1, 0.15) is 12.0 Å². The second kappa shape index (κ2) is 8.44. The first kappa shape index (κ1) is 20.9. The van der Waals surface area contributed by atoms with E-state index in [2.05, 4.69) is 20.0 Å². The molecule has 4 rings (SSSR count). The average Bonchev–Trinajstić information content (AvgIpc) is 3.30. The summed E-state index contributed by atoms with van der Waals surface area (Å²) in [6.07, 6.45) is 0.0411. The van der Waals surface area contributed by atoms with Crippen molar-refractivity contribution >= 4 is 38.2 Å². The summed E-state index contributed by atoms with van der Waals surface area (Å²) in [4.78, 5) is 20.9. The quantitative estimate of drug-likeness (QED) is 0.588. The lowest BCUT2D eigenvalue weighted by molar-refractivity contribution is -0.116. The highest BCUT2D eigenvalue weighted by Crippen LogP contribution is 2.28. The molecule has 0 bridgehead atoms. The molecule has 0 radical (unpaired) electrons. The van der Waals surface area contributed by atoms with E-state index in [1.807, 2.05) is 0 Å². The molecule has 0 spiro atoms. The van der Waals surface area contributed by atoms with Crippen molar-refractivity contribution in [3.8, 4) is 17.0 Å². The smallest absolute Gasteiger partial charge is 0.263 e. The van der Waals surface area contributed by atoms with Crippen LogP contribution in [0.2, 0.25) is 0 Å². The summed E-state index contributed by atoms with van der Waals surface area (Å²) in [5.41, 5.74) is 1.58. The average molecular weight is 461 g/mol. The first-order valence-electron chi connectivity index (χ1n) is 9.13. The van der Waals surface area contributed by atoms with Crippen molar-refractivity contribution in [3.63, 3.8) is 0 Å². The van der Waals surface area contributed by atoms with Gasteiger partial charge in [-0.25, -0.2) is 17.8 Å². The third-order valence-electron chi connectivity index (χ3n) is 4.47. The molecule has 1 aliphatic heterocycles. The number of carbonyl (C=O) groups is 1. The SMILES string of the molecule is COc1ccc(-c2csc(NC(=O)CCN=C3NS(=O)(=O)c4ccccc43)n2)cc1F. The van der Waals surface area contributed by atoms with Crippen LogP contribution >= 0.6 is 11.3 Å². The zero-order valence-corrected chi connectivity index (χ0v) is 17.9. The number of thiazole rings is 1. The number of carbonyl (C=O) groups excluding carboxylic acids is 1. The Bertz CT molecular complexity index is 1290. The molecule has 8 nitrogen and oxygen atoms in total. The van der Waals surface area contributed by atoms with E-state index in [1.54, 1.807) is 29.6 Å². The van der Waals surface area contributed by atoms with Crippen LogP contribution in [0.5, 0.6) is 5.75 Å². The molecule has 11 heteroatoms. The molecule has 2 heterocycles. The fourth-order valence-corrected chi connectivity index (χ4v) is 4.98. The molecule has 0 unspecified atom stereocenters. The Morgan fingerprint density at radius 3 is 2.87 bits per heavy atom. The normalized spacial score (nSPS) is 15.4. The number of amides is 1. The van der Waals surface area contributed by atoms with Crippen LogP contribution in [0, 0.1) is 5.82 Å². The fourth-order valence-electron chi connectivity index (χ4n) is 2.99. The third-order valence-corrected chi connectivity index (χ3v) is 6.62. The lowest BCUT2D eigenvalue weighted by Crippen LogP contribution is -2.23. The van der Waals surface area contributed by atoms with Gasteiger partial charge >= 0.3 is 0 Å². The summed E-state index contributed by atoms with van der Waals surface area (Å²) in [6.45, 7) is 0.0972. The number of anilines is 1. The maximum Gasteiger partial charge on any atom is 0.263 e. The number of ether oxygens (including phenoxy) is 1. The maximum atomic E-state index is 13.9. The number of fused-ring (bicyclic) bond motifs is 1. The second-order valence-electron chi connectivity index (χ2n) is 6.52. The van der Waals surface area contributed by atoms with Gasteiger partial charge in [-0.1, -0.05) is 12.1 Å². The van der Waals surface area contributed by atoms with E-state index >= 15 is 0 Å². The topological polar surface area (TPSA) is 110 Å². The van der Waals surface area contributed by atoms with Crippen molar-refractivity contribution in [2.24, 2.45) is 4.99 Å². The summed E-state index contributed by atoms with van der Waals surface area (Å²) < 4.78 is 45.3. The van der Waals surface area contributed by atoms with Gasteiger partial charge in [-0.15, -0.1) is 11.3 Å². The predicted octanol–water partition coefficient (Wildman–Crippen LogP) is 3.03. The molecule has 31 heavy (non-hydrogen) atoms. The van der Waals surface area contributed by atoms with Crippen LogP contribution in [-0.4, -0.2) is 38.8 Å². The Balaban J connectivity index is 1.37. The minimum Gasteiger partial charge on any atom is -0.494 e. The van der Waals surface area contributed by atoms with Gasteiger partial charge in [0, 0.05) is 22.9 Å². The molecule has 0 saturated carbocycles. The van der Waals surface area contributed by atoms with Gasteiger partial charge in [0.1, 0.15) is 5.84 Å². The van der Waals surface area contributed by atoms with E-state index in [0.29, 0.717) is 22.0 Å². The number of rotatable bonds is 6. The molecule has 1 amide bonds. The molecule has 160 valence electrons. The third kappa shape index (κ3) is 4.42. The maximum absolute atomic E-state index is 13.9. The highest BCUT2D eigenvalue weighted by molar-refractivity contribution is 7.90. The van der Waals surface area contributed by atoms with Gasteiger partial charge in [0.2, 0.25) is 5.91 Å². The molecule has 3 aromatic rings. The Kier molecular flexibility index (Phi) is 5.70. The molecular formula is C20H17FN4O4S2. The van der Waals surface area contributed by atoms with Crippen LogP contribution in [0.4, 0.5) is 9.52 Å². The Morgan fingerprint density at radius 1 is 1.29 bits per heavy atom. The van der Waals surface area contributed by atoms with E-state index in [-0.39, 0.29) is 35.4 Å². The van der Waals surface area contributed by atoms with Crippen molar-refractivity contribution in [2.75, 3.05) is 19.0 Å². The lowest BCUT2D eigenvalue weighted by Gasteiger charge is -2.03. The van der Waals surface area contributed by atoms with Crippen molar-refractivity contribution < 1.29 is 22.3 Å². The Labute approximate surface area is 181 Å². The van der Waals surface area contributed by atoms with Gasteiger partial charge in [0.05, 0.1) is 24.2 Å². The van der Waals surface area contributed by atoms with Crippen molar-refractivity contribution in [1.82, 2.24) is 9.71 Å². The van der Waals surface area contributed by atoms with Crippen molar-refractivity contribution in [2.45, 2.75) is 11.3 Å². The second-order valence-corrected chi connectivity index (χ2v) is 9.03. The molecule has 0 saturated heterocycles. The molecule has 1 aromatic heterocycles. The minimum atomic E-state index is -3.61. The number of benzene rings is 2. The predicted molar refractivity (Wildman–Crippen MR) is 115 cm³/mol. The van der Waals surface area contributed by atoms with E-state index < -0.39 is 15.8 Å². The van der Waals surface area contributed by atoms with Gasteiger partial charge in [0.25, 0.3) is 10.0 Å². The number of halogens is 1. The number of hydrogen-bond acceptors (Lipinski definition) is 7. The number of aromatic nitrogens is 1. The van der Waals surface area contributed by atoms with Crippen LogP contribution in [0.15, 0.2) is 57.7 Å². The Morgan fingerprint density at radius 2 is 2.10 bits per heavy atom. The van der Waals surface area contributed by atoms with Crippen LogP contribution in [-0.2, 0) is 14.8 Å². The van der Waals surface area contributed by atoms with E-state index in [9.17, 15) is 17.6 Å². The van der Waals surface area contributed by atoms with Crippen molar-refractivity contribution in [3.05, 3.63) is 59.2 Å². The van der Waals surface area contributed by atoms with Gasteiger partial charge in [-0.3, -0.25) is 14.5 Å². The number of amidine groups is 1.